The van der Waals surface area contributed by atoms with Gasteiger partial charge >= 0.3 is 0 Å². The predicted octanol–water partition coefficient (Wildman–Crippen LogP) is 1.57. The lowest BCUT2D eigenvalue weighted by molar-refractivity contribution is -0.116. The number of amides is 1. The zero-order valence-electron chi connectivity index (χ0n) is 16.8. The number of halogens is 1. The number of nitrogens with one attached hydrogen (secondary N) is 3. The second kappa shape index (κ2) is 10.6. The smallest absolute Gasteiger partial charge is 0.225 e. The van der Waals surface area contributed by atoms with E-state index in [2.05, 4.69) is 20.9 Å². The topological polar surface area (TPSA) is 103 Å². The van der Waals surface area contributed by atoms with Gasteiger partial charge < -0.3 is 16.0 Å². The van der Waals surface area contributed by atoms with Crippen LogP contribution in [0.3, 0.4) is 0 Å². The molecule has 162 valence electrons. The molecule has 1 aromatic carbocycles. The van der Waals surface area contributed by atoms with Gasteiger partial charge in [0.1, 0.15) is 0 Å². The first-order chi connectivity index (χ1) is 13.4. The molecule has 2 heterocycles. The SMILES string of the molecule is CN=C(NCC1CCN(S(C)(=O)=O)CC1)NCC1CC(=O)Nc2ccccc21.I. The Hall–Kier alpha value is -1.40. The lowest BCUT2D eigenvalue weighted by Crippen LogP contribution is -2.45. The molecule has 29 heavy (non-hydrogen) atoms. The second-order valence-corrected chi connectivity index (χ2v) is 9.46. The number of guanidine groups is 1. The van der Waals surface area contributed by atoms with Crippen LogP contribution in [0.2, 0.25) is 0 Å². The number of anilines is 1. The highest BCUT2D eigenvalue weighted by atomic mass is 127. The summed E-state index contributed by atoms with van der Waals surface area (Å²) < 4.78 is 24.8. The lowest BCUT2D eigenvalue weighted by atomic mass is 9.90. The largest absolute Gasteiger partial charge is 0.356 e. The number of hydrogen-bond donors (Lipinski definition) is 3. The summed E-state index contributed by atoms with van der Waals surface area (Å²) in [7, 11) is -1.37. The molecule has 1 atom stereocenters. The maximum Gasteiger partial charge on any atom is 0.225 e. The van der Waals surface area contributed by atoms with E-state index in [9.17, 15) is 13.2 Å². The number of hydrogen-bond acceptors (Lipinski definition) is 4. The van der Waals surface area contributed by atoms with Crippen LogP contribution in [-0.4, -0.2) is 64.1 Å². The standard InChI is InChI=1S/C19H29N5O3S.HI/c1-20-19(21-12-14-7-9-24(10-8-14)28(2,26)27)22-13-15-11-18(25)23-17-6-4-3-5-16(15)17;/h3-6,14-15H,7-13H2,1-2H3,(H,23,25)(H2,20,21,22);1H. The van der Waals surface area contributed by atoms with Gasteiger partial charge in [0.15, 0.2) is 5.96 Å². The van der Waals surface area contributed by atoms with E-state index in [1.165, 1.54) is 6.26 Å². The van der Waals surface area contributed by atoms with Gasteiger partial charge in [0, 0.05) is 51.3 Å². The molecule has 2 aliphatic rings. The maximum absolute atomic E-state index is 11.9. The first kappa shape index (κ1) is 23.9. The molecule has 1 fully saturated rings. The van der Waals surface area contributed by atoms with Crippen LogP contribution in [0.5, 0.6) is 0 Å². The van der Waals surface area contributed by atoms with Gasteiger partial charge in [-0.1, -0.05) is 18.2 Å². The van der Waals surface area contributed by atoms with Gasteiger partial charge in [0.05, 0.1) is 6.26 Å². The Bertz CT molecular complexity index is 838. The molecular weight excluding hydrogens is 505 g/mol. The molecule has 2 aliphatic heterocycles. The van der Waals surface area contributed by atoms with E-state index in [1.54, 1.807) is 11.4 Å². The fourth-order valence-corrected chi connectivity index (χ4v) is 4.68. The van der Waals surface area contributed by atoms with E-state index >= 15 is 0 Å². The molecule has 8 nitrogen and oxygen atoms in total. The third kappa shape index (κ3) is 6.54. The number of fused-ring (bicyclic) bond motifs is 1. The molecule has 0 aliphatic carbocycles. The molecule has 1 aromatic rings. The summed E-state index contributed by atoms with van der Waals surface area (Å²) in [5.41, 5.74) is 2.02. The number of carbonyl (C=O) groups is 1. The van der Waals surface area contributed by atoms with Crippen molar-refractivity contribution < 1.29 is 13.2 Å². The van der Waals surface area contributed by atoms with Crippen molar-refractivity contribution in [1.29, 1.82) is 0 Å². The summed E-state index contributed by atoms with van der Waals surface area (Å²) in [5.74, 6) is 1.25. The quantitative estimate of drug-likeness (QED) is 0.302. The zero-order valence-corrected chi connectivity index (χ0v) is 20.0. The summed E-state index contributed by atoms with van der Waals surface area (Å²) in [6, 6.07) is 7.88. The van der Waals surface area contributed by atoms with Crippen molar-refractivity contribution in [3.63, 3.8) is 0 Å². The number of para-hydroxylation sites is 1. The highest BCUT2D eigenvalue weighted by Gasteiger charge is 2.26. The van der Waals surface area contributed by atoms with Crippen molar-refractivity contribution in [2.75, 3.05) is 44.8 Å². The van der Waals surface area contributed by atoms with Gasteiger partial charge in [-0.15, -0.1) is 24.0 Å². The molecular formula is C19H30IN5O3S. The van der Waals surface area contributed by atoms with E-state index in [1.807, 2.05) is 24.3 Å². The monoisotopic (exact) mass is 535 g/mol. The Morgan fingerprint density at radius 3 is 2.52 bits per heavy atom. The Morgan fingerprint density at radius 2 is 1.86 bits per heavy atom. The van der Waals surface area contributed by atoms with Gasteiger partial charge in [-0.3, -0.25) is 9.79 Å². The van der Waals surface area contributed by atoms with Crippen LogP contribution < -0.4 is 16.0 Å². The van der Waals surface area contributed by atoms with Crippen LogP contribution in [0, 0.1) is 5.92 Å². The zero-order chi connectivity index (χ0) is 20.1. The lowest BCUT2D eigenvalue weighted by Gasteiger charge is -2.31. The molecule has 1 amide bonds. The highest BCUT2D eigenvalue weighted by Crippen LogP contribution is 2.31. The Morgan fingerprint density at radius 1 is 1.21 bits per heavy atom. The molecule has 0 bridgehead atoms. The summed E-state index contributed by atoms with van der Waals surface area (Å²) in [4.78, 5) is 16.2. The first-order valence-corrected chi connectivity index (χ1v) is 11.5. The highest BCUT2D eigenvalue weighted by molar-refractivity contribution is 14.0. The number of rotatable bonds is 5. The molecule has 0 aromatic heterocycles. The molecule has 1 saturated heterocycles. The average molecular weight is 535 g/mol. The number of benzene rings is 1. The molecule has 0 saturated carbocycles. The van der Waals surface area contributed by atoms with Crippen LogP contribution in [0.25, 0.3) is 0 Å². The number of nitrogens with zero attached hydrogens (tertiary/aromatic N) is 2. The van der Waals surface area contributed by atoms with Crippen LogP contribution in [-0.2, 0) is 14.8 Å². The number of carbonyl (C=O) groups excluding carboxylic acids is 1. The molecule has 1 unspecified atom stereocenters. The molecule has 10 heteroatoms. The van der Waals surface area contributed by atoms with Gasteiger partial charge in [0.25, 0.3) is 0 Å². The molecule has 0 spiro atoms. The van der Waals surface area contributed by atoms with Gasteiger partial charge in [-0.05, 0) is 30.4 Å². The van der Waals surface area contributed by atoms with Crippen molar-refractivity contribution >= 4 is 51.6 Å². The molecule has 0 radical (unpaired) electrons. The van der Waals surface area contributed by atoms with E-state index in [0.29, 0.717) is 37.9 Å². The van der Waals surface area contributed by atoms with E-state index < -0.39 is 10.0 Å². The van der Waals surface area contributed by atoms with E-state index in [4.69, 9.17) is 0 Å². The van der Waals surface area contributed by atoms with Crippen LogP contribution in [0.1, 0.15) is 30.7 Å². The maximum atomic E-state index is 11.9. The third-order valence-electron chi connectivity index (χ3n) is 5.45. The summed E-state index contributed by atoms with van der Waals surface area (Å²) in [6.07, 6.45) is 3.40. The Labute approximate surface area is 190 Å². The van der Waals surface area contributed by atoms with Crippen molar-refractivity contribution in [2.45, 2.75) is 25.2 Å². The summed E-state index contributed by atoms with van der Waals surface area (Å²) in [5, 5.41) is 9.58. The predicted molar refractivity (Wildman–Crippen MR) is 126 cm³/mol. The normalized spacial score (nSPS) is 21.0. The van der Waals surface area contributed by atoms with Crippen LogP contribution in [0.15, 0.2) is 29.3 Å². The summed E-state index contributed by atoms with van der Waals surface area (Å²) >= 11 is 0. The average Bonchev–Trinajstić information content (AvgIpc) is 2.67. The van der Waals surface area contributed by atoms with Crippen molar-refractivity contribution in [3.05, 3.63) is 29.8 Å². The van der Waals surface area contributed by atoms with Crippen LogP contribution in [0.4, 0.5) is 5.69 Å². The van der Waals surface area contributed by atoms with Crippen LogP contribution >= 0.6 is 24.0 Å². The second-order valence-electron chi connectivity index (χ2n) is 7.48. The Kier molecular flexibility index (Phi) is 8.71. The van der Waals surface area contributed by atoms with Crippen molar-refractivity contribution in [2.24, 2.45) is 10.9 Å². The number of aliphatic imine (C=N–C) groups is 1. The third-order valence-corrected chi connectivity index (χ3v) is 6.75. The van der Waals surface area contributed by atoms with Gasteiger partial charge in [-0.25, -0.2) is 12.7 Å². The van der Waals surface area contributed by atoms with Gasteiger partial charge in [0.2, 0.25) is 15.9 Å². The fraction of sp³-hybridized carbons (Fsp3) is 0.579. The molecule has 3 N–H and O–H groups in total. The fourth-order valence-electron chi connectivity index (χ4n) is 3.81. The van der Waals surface area contributed by atoms with E-state index in [-0.39, 0.29) is 35.8 Å². The minimum absolute atomic E-state index is 0. The number of sulfonamides is 1. The Balaban J connectivity index is 0.00000300. The number of piperidine rings is 1. The van der Waals surface area contributed by atoms with E-state index in [0.717, 1.165) is 30.6 Å². The first-order valence-electron chi connectivity index (χ1n) is 9.65. The van der Waals surface area contributed by atoms with Gasteiger partial charge in [-0.2, -0.15) is 0 Å². The minimum atomic E-state index is -3.09. The summed E-state index contributed by atoms with van der Waals surface area (Å²) in [6.45, 7) is 2.52. The van der Waals surface area contributed by atoms with Crippen molar-refractivity contribution in [3.8, 4) is 0 Å². The molecule has 3 rings (SSSR count). The van der Waals surface area contributed by atoms with Crippen molar-refractivity contribution in [1.82, 2.24) is 14.9 Å². The minimum Gasteiger partial charge on any atom is -0.356 e.